The van der Waals surface area contributed by atoms with E-state index in [9.17, 15) is 0 Å². The maximum atomic E-state index is 4.74. The van der Waals surface area contributed by atoms with Crippen LogP contribution in [0, 0.1) is 5.92 Å². The number of anilines is 1. The SMILES string of the molecule is CCNC(=NCc1ccnc(N2CCN(C)CC2)c1)NC1CC1C. The van der Waals surface area contributed by atoms with Gasteiger partial charge in [0.2, 0.25) is 0 Å². The Balaban J connectivity index is 1.61. The molecule has 6 heteroatoms. The zero-order valence-electron chi connectivity index (χ0n) is 15.1. The van der Waals surface area contributed by atoms with Gasteiger partial charge in [-0.1, -0.05) is 6.92 Å². The van der Waals surface area contributed by atoms with Crippen LogP contribution < -0.4 is 15.5 Å². The summed E-state index contributed by atoms with van der Waals surface area (Å²) in [6.45, 7) is 10.2. The zero-order chi connectivity index (χ0) is 16.9. The van der Waals surface area contributed by atoms with E-state index in [1.54, 1.807) is 0 Å². The molecular formula is C18H30N6. The molecule has 1 aromatic rings. The van der Waals surface area contributed by atoms with Gasteiger partial charge in [-0.2, -0.15) is 0 Å². The van der Waals surface area contributed by atoms with E-state index in [1.807, 2.05) is 6.20 Å². The molecule has 0 radical (unpaired) electrons. The number of likely N-dealkylation sites (N-methyl/N-ethyl adjacent to an activating group) is 1. The van der Waals surface area contributed by atoms with Crippen molar-refractivity contribution in [1.29, 1.82) is 0 Å². The van der Waals surface area contributed by atoms with Crippen molar-refractivity contribution in [2.75, 3.05) is 44.7 Å². The molecule has 2 N–H and O–H groups in total. The van der Waals surface area contributed by atoms with Crippen molar-refractivity contribution < 1.29 is 0 Å². The lowest BCUT2D eigenvalue weighted by atomic mass is 10.2. The summed E-state index contributed by atoms with van der Waals surface area (Å²) < 4.78 is 0. The monoisotopic (exact) mass is 330 g/mol. The summed E-state index contributed by atoms with van der Waals surface area (Å²) in [5, 5.41) is 6.84. The van der Waals surface area contributed by atoms with Gasteiger partial charge < -0.3 is 20.4 Å². The molecule has 2 heterocycles. The van der Waals surface area contributed by atoms with E-state index < -0.39 is 0 Å². The van der Waals surface area contributed by atoms with Crippen molar-refractivity contribution in [3.05, 3.63) is 23.9 Å². The van der Waals surface area contributed by atoms with E-state index in [1.165, 1.54) is 12.0 Å². The molecule has 0 bridgehead atoms. The number of guanidine groups is 1. The van der Waals surface area contributed by atoms with E-state index in [0.29, 0.717) is 12.6 Å². The van der Waals surface area contributed by atoms with Crippen LogP contribution in [0.3, 0.4) is 0 Å². The summed E-state index contributed by atoms with van der Waals surface area (Å²) in [4.78, 5) is 14.0. The molecule has 0 spiro atoms. The van der Waals surface area contributed by atoms with Crippen LogP contribution in [0.5, 0.6) is 0 Å². The van der Waals surface area contributed by atoms with Crippen LogP contribution in [-0.4, -0.2) is 61.7 Å². The average molecular weight is 330 g/mol. The molecule has 2 unspecified atom stereocenters. The molecule has 1 aliphatic heterocycles. The maximum absolute atomic E-state index is 4.74. The molecule has 2 atom stereocenters. The van der Waals surface area contributed by atoms with Crippen LogP contribution in [-0.2, 0) is 6.54 Å². The van der Waals surface area contributed by atoms with Gasteiger partial charge in [0.15, 0.2) is 5.96 Å². The Labute approximate surface area is 145 Å². The van der Waals surface area contributed by atoms with Gasteiger partial charge in [-0.05, 0) is 44.0 Å². The second-order valence-electron chi connectivity index (χ2n) is 6.97. The second kappa shape index (κ2) is 7.83. The molecule has 132 valence electrons. The lowest BCUT2D eigenvalue weighted by Gasteiger charge is -2.33. The molecule has 0 amide bonds. The topological polar surface area (TPSA) is 55.8 Å². The first kappa shape index (κ1) is 17.0. The number of nitrogens with one attached hydrogen (secondary N) is 2. The molecule has 3 rings (SSSR count). The summed E-state index contributed by atoms with van der Waals surface area (Å²) in [6, 6.07) is 4.82. The quantitative estimate of drug-likeness (QED) is 0.629. The predicted molar refractivity (Wildman–Crippen MR) is 99.5 cm³/mol. The zero-order valence-corrected chi connectivity index (χ0v) is 15.1. The summed E-state index contributed by atoms with van der Waals surface area (Å²) in [7, 11) is 2.17. The number of piperazine rings is 1. The first-order valence-electron chi connectivity index (χ1n) is 9.09. The molecule has 2 aliphatic rings. The third-order valence-electron chi connectivity index (χ3n) is 4.83. The van der Waals surface area contributed by atoms with Crippen LogP contribution in [0.2, 0.25) is 0 Å². The van der Waals surface area contributed by atoms with Crippen LogP contribution in [0.25, 0.3) is 0 Å². The number of aliphatic imine (C=N–C) groups is 1. The number of pyridine rings is 1. The van der Waals surface area contributed by atoms with Crippen LogP contribution >= 0.6 is 0 Å². The van der Waals surface area contributed by atoms with Gasteiger partial charge in [-0.15, -0.1) is 0 Å². The van der Waals surface area contributed by atoms with E-state index in [2.05, 4.69) is 58.4 Å². The third kappa shape index (κ3) is 4.60. The third-order valence-corrected chi connectivity index (χ3v) is 4.83. The molecule has 24 heavy (non-hydrogen) atoms. The fraction of sp³-hybridized carbons (Fsp3) is 0.667. The highest BCUT2D eigenvalue weighted by Crippen LogP contribution is 2.28. The maximum Gasteiger partial charge on any atom is 0.191 e. The number of nitrogens with zero attached hydrogens (tertiary/aromatic N) is 4. The summed E-state index contributed by atoms with van der Waals surface area (Å²) in [6.07, 6.45) is 3.15. The fourth-order valence-corrected chi connectivity index (χ4v) is 2.96. The Morgan fingerprint density at radius 2 is 2.08 bits per heavy atom. The minimum absolute atomic E-state index is 0.584. The highest BCUT2D eigenvalue weighted by atomic mass is 15.3. The van der Waals surface area contributed by atoms with E-state index in [0.717, 1.165) is 50.4 Å². The van der Waals surface area contributed by atoms with Crippen molar-refractivity contribution in [2.45, 2.75) is 32.9 Å². The van der Waals surface area contributed by atoms with E-state index in [4.69, 9.17) is 4.99 Å². The van der Waals surface area contributed by atoms with Gasteiger partial charge in [0.25, 0.3) is 0 Å². The van der Waals surface area contributed by atoms with E-state index in [-0.39, 0.29) is 0 Å². The Morgan fingerprint density at radius 1 is 1.33 bits per heavy atom. The smallest absolute Gasteiger partial charge is 0.191 e. The van der Waals surface area contributed by atoms with Crippen LogP contribution in [0.4, 0.5) is 5.82 Å². The Hall–Kier alpha value is -1.82. The molecule has 6 nitrogen and oxygen atoms in total. The molecule has 1 saturated carbocycles. The van der Waals surface area contributed by atoms with Gasteiger partial charge in [-0.3, -0.25) is 0 Å². The summed E-state index contributed by atoms with van der Waals surface area (Å²) in [5.41, 5.74) is 1.21. The lowest BCUT2D eigenvalue weighted by molar-refractivity contribution is 0.312. The van der Waals surface area contributed by atoms with Crippen molar-refractivity contribution in [1.82, 2.24) is 20.5 Å². The van der Waals surface area contributed by atoms with Crippen molar-refractivity contribution in [3.63, 3.8) is 0 Å². The van der Waals surface area contributed by atoms with Crippen molar-refractivity contribution in [2.24, 2.45) is 10.9 Å². The van der Waals surface area contributed by atoms with Crippen LogP contribution in [0.15, 0.2) is 23.3 Å². The molecule has 1 saturated heterocycles. The van der Waals surface area contributed by atoms with Crippen LogP contribution in [0.1, 0.15) is 25.8 Å². The minimum Gasteiger partial charge on any atom is -0.357 e. The molecule has 1 aliphatic carbocycles. The number of hydrogen-bond acceptors (Lipinski definition) is 4. The fourth-order valence-electron chi connectivity index (χ4n) is 2.96. The van der Waals surface area contributed by atoms with Gasteiger partial charge in [0.05, 0.1) is 6.54 Å². The summed E-state index contributed by atoms with van der Waals surface area (Å²) in [5.74, 6) is 2.76. The van der Waals surface area contributed by atoms with Gasteiger partial charge in [0, 0.05) is 45.0 Å². The Morgan fingerprint density at radius 3 is 2.75 bits per heavy atom. The number of hydrogen-bond donors (Lipinski definition) is 2. The Bertz CT molecular complexity index is 564. The van der Waals surface area contributed by atoms with Crippen molar-refractivity contribution in [3.8, 4) is 0 Å². The average Bonchev–Trinajstić information content (AvgIpc) is 3.28. The van der Waals surface area contributed by atoms with Gasteiger partial charge >= 0.3 is 0 Å². The molecular weight excluding hydrogens is 300 g/mol. The van der Waals surface area contributed by atoms with Crippen molar-refractivity contribution >= 4 is 11.8 Å². The highest BCUT2D eigenvalue weighted by Gasteiger charge is 2.33. The predicted octanol–water partition coefficient (Wildman–Crippen LogP) is 1.30. The standard InChI is InChI=1S/C18H30N6/c1-4-19-18(22-16-11-14(16)2)21-13-15-5-6-20-17(12-15)24-9-7-23(3)8-10-24/h5-6,12,14,16H,4,7-11,13H2,1-3H3,(H2,19,21,22). The number of rotatable bonds is 5. The van der Waals surface area contributed by atoms with Gasteiger partial charge in [0.1, 0.15) is 5.82 Å². The lowest BCUT2D eigenvalue weighted by Crippen LogP contribution is -2.44. The number of aromatic nitrogens is 1. The highest BCUT2D eigenvalue weighted by molar-refractivity contribution is 5.80. The molecule has 2 fully saturated rings. The van der Waals surface area contributed by atoms with Gasteiger partial charge in [-0.25, -0.2) is 9.98 Å². The first-order valence-corrected chi connectivity index (χ1v) is 9.09. The van der Waals surface area contributed by atoms with E-state index >= 15 is 0 Å². The first-order chi connectivity index (χ1) is 11.7. The summed E-state index contributed by atoms with van der Waals surface area (Å²) >= 11 is 0. The Kier molecular flexibility index (Phi) is 5.56. The normalized spacial score (nSPS) is 24.8. The largest absolute Gasteiger partial charge is 0.357 e. The molecule has 0 aromatic carbocycles. The minimum atomic E-state index is 0.584. The second-order valence-corrected chi connectivity index (χ2v) is 6.97. The molecule has 1 aromatic heterocycles.